The Hall–Kier alpha value is -4.49. The molecule has 42 heavy (non-hydrogen) atoms. The minimum Gasteiger partial charge on any atom is -0.504 e. The molecule has 1 fully saturated rings. The number of aromatic hydroxyl groups is 1. The number of anilines is 2. The van der Waals surface area contributed by atoms with Gasteiger partial charge in [0.05, 0.1) is 34.9 Å². The molecule has 11 nitrogen and oxygen atoms in total. The van der Waals surface area contributed by atoms with Crippen LogP contribution in [0.1, 0.15) is 22.6 Å². The van der Waals surface area contributed by atoms with E-state index in [4.69, 9.17) is 22.1 Å². The normalized spacial score (nSPS) is 14.8. The van der Waals surface area contributed by atoms with Gasteiger partial charge in [-0.15, -0.1) is 0 Å². The Balaban J connectivity index is 1.41. The van der Waals surface area contributed by atoms with E-state index in [0.29, 0.717) is 62.2 Å². The van der Waals surface area contributed by atoms with Gasteiger partial charge in [-0.25, -0.2) is 9.37 Å². The van der Waals surface area contributed by atoms with Gasteiger partial charge in [-0.1, -0.05) is 11.6 Å². The fourth-order valence-electron chi connectivity index (χ4n) is 5.42. The number of carbonyl (C=O) groups is 2. The number of aryl methyl sites for hydroxylation is 1. The van der Waals surface area contributed by atoms with Crippen molar-refractivity contribution < 1.29 is 28.2 Å². The van der Waals surface area contributed by atoms with Crippen molar-refractivity contribution in [2.75, 3.05) is 36.5 Å². The summed E-state index contributed by atoms with van der Waals surface area (Å²) in [5.41, 5.74) is 4.82. The van der Waals surface area contributed by atoms with Crippen molar-refractivity contribution >= 4 is 45.8 Å². The van der Waals surface area contributed by atoms with Crippen molar-refractivity contribution in [1.82, 2.24) is 14.1 Å². The number of fused-ring (bicyclic) bond motifs is 2. The van der Waals surface area contributed by atoms with Crippen molar-refractivity contribution in [1.29, 1.82) is 0 Å². The molecule has 2 aromatic heterocycles. The Labute approximate surface area is 242 Å². The van der Waals surface area contributed by atoms with Crippen LogP contribution in [0.15, 0.2) is 35.3 Å². The van der Waals surface area contributed by atoms with Crippen molar-refractivity contribution in [3.8, 4) is 16.9 Å². The summed E-state index contributed by atoms with van der Waals surface area (Å²) in [5, 5.41) is 13.0. The summed E-state index contributed by atoms with van der Waals surface area (Å²) in [6, 6.07) is 6.15. The van der Waals surface area contributed by atoms with Crippen LogP contribution in [0.25, 0.3) is 22.2 Å². The van der Waals surface area contributed by atoms with Gasteiger partial charge in [-0.2, -0.15) is 4.39 Å². The fraction of sp³-hybridized carbons (Fsp3) is 0.286. The maximum absolute atomic E-state index is 15.2. The summed E-state index contributed by atoms with van der Waals surface area (Å²) in [7, 11) is 0. The third kappa shape index (κ3) is 4.73. The average Bonchev–Trinajstić information content (AvgIpc) is 3.59. The summed E-state index contributed by atoms with van der Waals surface area (Å²) in [6.07, 6.45) is 2.48. The molecule has 0 aliphatic carbocycles. The van der Waals surface area contributed by atoms with Crippen LogP contribution in [-0.2, 0) is 29.0 Å². The molecule has 14 heteroatoms. The molecule has 4 heterocycles. The van der Waals surface area contributed by atoms with Crippen LogP contribution in [0.2, 0.25) is 5.02 Å². The van der Waals surface area contributed by atoms with Gasteiger partial charge >= 0.3 is 0 Å². The molecule has 1 saturated heterocycles. The third-order valence-electron chi connectivity index (χ3n) is 7.49. The molecule has 0 saturated carbocycles. The lowest BCUT2D eigenvalue weighted by Crippen LogP contribution is -2.36. The van der Waals surface area contributed by atoms with Crippen molar-refractivity contribution in [2.45, 2.75) is 25.9 Å². The molecule has 0 bridgehead atoms. The number of carbonyl (C=O) groups excluding carboxylic acids is 2. The van der Waals surface area contributed by atoms with Gasteiger partial charge in [0.1, 0.15) is 18.0 Å². The summed E-state index contributed by atoms with van der Waals surface area (Å²) in [6.45, 7) is 2.57. The molecule has 0 spiro atoms. The Morgan fingerprint density at radius 1 is 1.12 bits per heavy atom. The lowest BCUT2D eigenvalue weighted by atomic mass is 10.0. The highest BCUT2D eigenvalue weighted by atomic mass is 35.5. The number of halogens is 3. The minimum absolute atomic E-state index is 0.0693. The monoisotopic (exact) mass is 598 g/mol. The molecule has 0 radical (unpaired) electrons. The quantitative estimate of drug-likeness (QED) is 0.309. The van der Waals surface area contributed by atoms with Crippen molar-refractivity contribution in [3.63, 3.8) is 0 Å². The molecule has 0 unspecified atom stereocenters. The van der Waals surface area contributed by atoms with Crippen molar-refractivity contribution in [3.05, 3.63) is 68.9 Å². The first-order valence-corrected chi connectivity index (χ1v) is 13.6. The number of rotatable bonds is 6. The predicted molar refractivity (Wildman–Crippen MR) is 151 cm³/mol. The molecule has 2 aliphatic heterocycles. The highest BCUT2D eigenvalue weighted by Crippen LogP contribution is 2.36. The zero-order chi connectivity index (χ0) is 29.7. The highest BCUT2D eigenvalue weighted by Gasteiger charge is 2.28. The number of phenols is 1. The van der Waals surface area contributed by atoms with Crippen LogP contribution in [0.5, 0.6) is 5.75 Å². The van der Waals surface area contributed by atoms with Gasteiger partial charge in [0.25, 0.3) is 11.5 Å². The summed E-state index contributed by atoms with van der Waals surface area (Å²) in [5.74, 6) is -5.63. The number of aromatic nitrogens is 3. The largest absolute Gasteiger partial charge is 0.504 e. The fourth-order valence-corrected chi connectivity index (χ4v) is 5.59. The number of nitrogens with zero attached hydrogens (tertiary/aromatic N) is 4. The second kappa shape index (κ2) is 10.7. The molecule has 4 aromatic rings. The number of primary amides is 1. The van der Waals surface area contributed by atoms with E-state index in [1.807, 2.05) is 6.07 Å². The smallest absolute Gasteiger partial charge is 0.263 e. The Bertz CT molecular complexity index is 1830. The Kier molecular flexibility index (Phi) is 7.07. The molecular formula is C28H25ClF2N6O5. The van der Waals surface area contributed by atoms with E-state index in [1.165, 1.54) is 15.3 Å². The van der Waals surface area contributed by atoms with E-state index in [0.717, 1.165) is 11.8 Å². The van der Waals surface area contributed by atoms with Crippen LogP contribution in [0, 0.1) is 11.6 Å². The first-order chi connectivity index (χ1) is 20.1. The summed E-state index contributed by atoms with van der Waals surface area (Å²) < 4.78 is 38.0. The zero-order valence-corrected chi connectivity index (χ0v) is 22.9. The number of nitrogens with one attached hydrogen (secondary N) is 1. The van der Waals surface area contributed by atoms with E-state index in [2.05, 4.69) is 15.2 Å². The lowest BCUT2D eigenvalue weighted by Gasteiger charge is -2.29. The highest BCUT2D eigenvalue weighted by molar-refractivity contribution is 6.33. The molecule has 2 aromatic carbocycles. The molecule has 0 atom stereocenters. The average molecular weight is 599 g/mol. The van der Waals surface area contributed by atoms with Gasteiger partial charge in [-0.3, -0.25) is 19.0 Å². The number of benzene rings is 2. The number of hydrogen-bond donors (Lipinski definition) is 3. The maximum atomic E-state index is 15.2. The first kappa shape index (κ1) is 27.7. The maximum Gasteiger partial charge on any atom is 0.263 e. The topological polar surface area (TPSA) is 145 Å². The summed E-state index contributed by atoms with van der Waals surface area (Å²) >= 11 is 6.37. The number of nitrogens with two attached hydrogens (primary N) is 1. The number of morpholine rings is 1. The van der Waals surface area contributed by atoms with Gasteiger partial charge in [-0.05, 0) is 30.7 Å². The van der Waals surface area contributed by atoms with Gasteiger partial charge in [0, 0.05) is 49.1 Å². The molecule has 218 valence electrons. The van der Waals surface area contributed by atoms with Gasteiger partial charge < -0.3 is 30.4 Å². The zero-order valence-electron chi connectivity index (χ0n) is 22.1. The van der Waals surface area contributed by atoms with E-state index in [1.54, 1.807) is 12.1 Å². The number of amides is 2. The molecule has 2 amide bonds. The third-order valence-corrected chi connectivity index (χ3v) is 7.82. The van der Waals surface area contributed by atoms with Crippen LogP contribution in [0.3, 0.4) is 0 Å². The standard InChI is InChI=1S/C28H25ClF2N6O5/c29-18-4-3-14(35-6-8-42-9-7-35)10-19(18)33-21(38)13-36-12-17(15-11-16(26(32)40)25(39)24(31)23(15)30)22-27(36)34-20-2-1-5-37(20)28(22)41/h3-4,10-12,39H,1-2,5-9,13H2,(H2,32,40)(H,33,38). The molecule has 6 rings (SSSR count). The van der Waals surface area contributed by atoms with E-state index in [-0.39, 0.29) is 23.1 Å². The number of hydrogen-bond acceptors (Lipinski definition) is 7. The van der Waals surface area contributed by atoms with Gasteiger partial charge in [0.2, 0.25) is 11.7 Å². The number of ether oxygens (including phenoxy) is 1. The van der Waals surface area contributed by atoms with E-state index < -0.39 is 45.9 Å². The van der Waals surface area contributed by atoms with Crippen molar-refractivity contribution in [2.24, 2.45) is 5.73 Å². The molecule has 4 N–H and O–H groups in total. The minimum atomic E-state index is -1.69. The Morgan fingerprint density at radius 2 is 1.88 bits per heavy atom. The Morgan fingerprint density at radius 3 is 2.62 bits per heavy atom. The lowest BCUT2D eigenvalue weighted by molar-refractivity contribution is -0.116. The van der Waals surface area contributed by atoms with Crippen LogP contribution >= 0.6 is 11.6 Å². The van der Waals surface area contributed by atoms with E-state index >= 15 is 4.39 Å². The van der Waals surface area contributed by atoms with Gasteiger partial charge in [0.15, 0.2) is 11.6 Å². The first-order valence-electron chi connectivity index (χ1n) is 13.2. The van der Waals surface area contributed by atoms with Crippen LogP contribution < -0.4 is 21.5 Å². The second-order valence-electron chi connectivity index (χ2n) is 10.1. The second-order valence-corrected chi connectivity index (χ2v) is 10.5. The van der Waals surface area contributed by atoms with Crippen LogP contribution in [-0.4, -0.2) is 57.3 Å². The SMILES string of the molecule is NC(=O)c1cc(-c2cn(CC(=O)Nc3cc(N4CCOCC4)ccc3Cl)c3nc4n(c(=O)c23)CCC4)c(F)c(F)c1O. The summed E-state index contributed by atoms with van der Waals surface area (Å²) in [4.78, 5) is 45.4. The van der Waals surface area contributed by atoms with Crippen LogP contribution in [0.4, 0.5) is 20.2 Å². The predicted octanol–water partition coefficient (Wildman–Crippen LogP) is 3.02. The molecular weight excluding hydrogens is 574 g/mol. The van der Waals surface area contributed by atoms with E-state index in [9.17, 15) is 23.9 Å². The molecule has 2 aliphatic rings.